The third kappa shape index (κ3) is 5.22. The fourth-order valence-corrected chi connectivity index (χ4v) is 1.44. The van der Waals surface area contributed by atoms with Gasteiger partial charge in [0.1, 0.15) is 5.76 Å². The van der Waals surface area contributed by atoms with Crippen molar-refractivity contribution in [2.24, 2.45) is 5.11 Å². The van der Waals surface area contributed by atoms with Gasteiger partial charge in [-0.15, -0.1) is 0 Å². The SMILES string of the molecule is C.[N-]=[N+]=NCCSCc1ccco1. The van der Waals surface area contributed by atoms with E-state index in [1.54, 1.807) is 18.0 Å². The lowest BCUT2D eigenvalue weighted by molar-refractivity contribution is 0.530. The molecule has 0 radical (unpaired) electrons. The van der Waals surface area contributed by atoms with E-state index < -0.39 is 0 Å². The summed E-state index contributed by atoms with van der Waals surface area (Å²) in [7, 11) is 0. The number of azide groups is 1. The van der Waals surface area contributed by atoms with Crippen LogP contribution in [-0.4, -0.2) is 12.3 Å². The van der Waals surface area contributed by atoms with Crippen molar-refractivity contribution >= 4 is 11.8 Å². The summed E-state index contributed by atoms with van der Waals surface area (Å²) >= 11 is 1.69. The first-order valence-corrected chi connectivity index (χ1v) is 4.70. The van der Waals surface area contributed by atoms with E-state index in [4.69, 9.17) is 9.95 Å². The summed E-state index contributed by atoms with van der Waals surface area (Å²) < 4.78 is 5.12. The summed E-state index contributed by atoms with van der Waals surface area (Å²) in [5.74, 6) is 2.64. The molecule has 0 aliphatic carbocycles. The van der Waals surface area contributed by atoms with Crippen LogP contribution in [-0.2, 0) is 5.75 Å². The van der Waals surface area contributed by atoms with Gasteiger partial charge in [-0.3, -0.25) is 0 Å². The maximum atomic E-state index is 7.98. The zero-order valence-electron chi connectivity index (χ0n) is 6.51. The number of thioether (sulfide) groups is 1. The Bertz CT molecular complexity index is 254. The molecule has 5 heteroatoms. The Labute approximate surface area is 81.9 Å². The first kappa shape index (κ1) is 11.9. The van der Waals surface area contributed by atoms with Crippen LogP contribution in [0.25, 0.3) is 10.4 Å². The third-order valence-electron chi connectivity index (χ3n) is 1.22. The fraction of sp³-hybridized carbons (Fsp3) is 0.500. The predicted octanol–water partition coefficient (Wildman–Crippen LogP) is 3.46. The van der Waals surface area contributed by atoms with Crippen LogP contribution in [0.1, 0.15) is 13.2 Å². The van der Waals surface area contributed by atoms with Gasteiger partial charge in [0.15, 0.2) is 0 Å². The smallest absolute Gasteiger partial charge is 0.113 e. The van der Waals surface area contributed by atoms with Crippen LogP contribution in [0, 0.1) is 0 Å². The largest absolute Gasteiger partial charge is 0.468 e. The van der Waals surface area contributed by atoms with E-state index in [2.05, 4.69) is 10.0 Å². The van der Waals surface area contributed by atoms with Crippen molar-refractivity contribution in [3.8, 4) is 0 Å². The summed E-state index contributed by atoms with van der Waals surface area (Å²) in [6.07, 6.45) is 1.66. The first-order valence-electron chi connectivity index (χ1n) is 3.54. The molecular weight excluding hydrogens is 186 g/mol. The second-order valence-corrected chi connectivity index (χ2v) is 3.19. The zero-order valence-corrected chi connectivity index (χ0v) is 7.33. The molecule has 0 saturated heterocycles. The van der Waals surface area contributed by atoms with Crippen molar-refractivity contribution in [2.45, 2.75) is 13.2 Å². The van der Waals surface area contributed by atoms with E-state index in [0.29, 0.717) is 6.54 Å². The number of rotatable bonds is 5. The van der Waals surface area contributed by atoms with Crippen LogP contribution in [0.2, 0.25) is 0 Å². The predicted molar refractivity (Wildman–Crippen MR) is 55.6 cm³/mol. The monoisotopic (exact) mass is 199 g/mol. The lowest BCUT2D eigenvalue weighted by Crippen LogP contribution is -1.84. The maximum absolute atomic E-state index is 7.98. The molecule has 0 aliphatic rings. The molecule has 0 amide bonds. The van der Waals surface area contributed by atoms with E-state index in [0.717, 1.165) is 17.3 Å². The van der Waals surface area contributed by atoms with E-state index >= 15 is 0 Å². The van der Waals surface area contributed by atoms with Gasteiger partial charge in [0.05, 0.1) is 12.0 Å². The Kier molecular flexibility index (Phi) is 6.96. The molecule has 4 nitrogen and oxygen atoms in total. The van der Waals surface area contributed by atoms with Crippen molar-refractivity contribution < 1.29 is 4.42 Å². The summed E-state index contributed by atoms with van der Waals surface area (Å²) in [6.45, 7) is 0.544. The van der Waals surface area contributed by atoms with E-state index in [-0.39, 0.29) is 7.43 Å². The van der Waals surface area contributed by atoms with Gasteiger partial charge < -0.3 is 4.42 Å². The molecule has 1 aromatic rings. The molecule has 0 saturated carbocycles. The standard InChI is InChI=1S/C7H9N3OS.CH4/c8-10-9-3-5-12-6-7-2-1-4-11-7;/h1-2,4H,3,5-6H2;1H4. The second-order valence-electron chi connectivity index (χ2n) is 2.09. The van der Waals surface area contributed by atoms with Gasteiger partial charge >= 0.3 is 0 Å². The van der Waals surface area contributed by atoms with Gasteiger partial charge in [-0.1, -0.05) is 12.5 Å². The van der Waals surface area contributed by atoms with Gasteiger partial charge in [-0.05, 0) is 23.4 Å². The molecule has 13 heavy (non-hydrogen) atoms. The molecule has 0 N–H and O–H groups in total. The van der Waals surface area contributed by atoms with Crippen LogP contribution in [0.3, 0.4) is 0 Å². The molecule has 0 unspecified atom stereocenters. The summed E-state index contributed by atoms with van der Waals surface area (Å²) in [4.78, 5) is 2.66. The Balaban J connectivity index is 0.00000144. The van der Waals surface area contributed by atoms with Crippen LogP contribution in [0.4, 0.5) is 0 Å². The van der Waals surface area contributed by atoms with Crippen molar-refractivity contribution in [1.29, 1.82) is 0 Å². The Morgan fingerprint density at radius 1 is 1.62 bits per heavy atom. The highest BCUT2D eigenvalue weighted by Crippen LogP contribution is 2.11. The molecule has 1 heterocycles. The van der Waals surface area contributed by atoms with Crippen LogP contribution >= 0.6 is 11.8 Å². The minimum atomic E-state index is 0. The average molecular weight is 199 g/mol. The Morgan fingerprint density at radius 3 is 3.08 bits per heavy atom. The van der Waals surface area contributed by atoms with Gasteiger partial charge in [0.2, 0.25) is 0 Å². The first-order chi connectivity index (χ1) is 5.93. The van der Waals surface area contributed by atoms with Gasteiger partial charge in [-0.2, -0.15) is 11.8 Å². The van der Waals surface area contributed by atoms with E-state index in [1.165, 1.54) is 0 Å². The highest BCUT2D eigenvalue weighted by atomic mass is 32.2. The number of furan rings is 1. The summed E-state index contributed by atoms with van der Waals surface area (Å²) in [6, 6.07) is 3.80. The Hall–Kier alpha value is -1.06. The summed E-state index contributed by atoms with van der Waals surface area (Å²) in [5, 5.41) is 3.42. The van der Waals surface area contributed by atoms with Gasteiger partial charge in [-0.25, -0.2) is 0 Å². The van der Waals surface area contributed by atoms with Crippen molar-refractivity contribution in [3.63, 3.8) is 0 Å². The molecule has 0 fully saturated rings. The molecule has 0 bridgehead atoms. The fourth-order valence-electron chi connectivity index (χ4n) is 0.718. The highest BCUT2D eigenvalue weighted by molar-refractivity contribution is 7.98. The number of nitrogens with zero attached hydrogens (tertiary/aromatic N) is 3. The van der Waals surface area contributed by atoms with Crippen LogP contribution < -0.4 is 0 Å². The minimum Gasteiger partial charge on any atom is -0.468 e. The van der Waals surface area contributed by atoms with Gasteiger partial charge in [0.25, 0.3) is 0 Å². The van der Waals surface area contributed by atoms with Crippen molar-refractivity contribution in [3.05, 3.63) is 34.6 Å². The van der Waals surface area contributed by atoms with Crippen molar-refractivity contribution in [2.75, 3.05) is 12.3 Å². The molecule has 0 aromatic carbocycles. The Morgan fingerprint density at radius 2 is 2.46 bits per heavy atom. The maximum Gasteiger partial charge on any atom is 0.113 e. The number of hydrogen-bond donors (Lipinski definition) is 0. The lowest BCUT2D eigenvalue weighted by Gasteiger charge is -1.93. The summed E-state index contributed by atoms with van der Waals surface area (Å²) in [5.41, 5.74) is 7.98. The number of hydrogen-bond acceptors (Lipinski definition) is 3. The third-order valence-corrected chi connectivity index (χ3v) is 2.18. The van der Waals surface area contributed by atoms with Crippen LogP contribution in [0.15, 0.2) is 27.9 Å². The molecule has 0 spiro atoms. The minimum absolute atomic E-state index is 0. The average Bonchev–Trinajstić information content (AvgIpc) is 2.57. The second kappa shape index (κ2) is 7.58. The molecule has 1 aromatic heterocycles. The normalized spacial score (nSPS) is 8.62. The van der Waals surface area contributed by atoms with E-state index in [1.807, 2.05) is 12.1 Å². The molecule has 0 atom stereocenters. The van der Waals surface area contributed by atoms with Gasteiger partial charge in [0, 0.05) is 11.5 Å². The molecular formula is C8H13N3OS. The zero-order chi connectivity index (χ0) is 8.65. The van der Waals surface area contributed by atoms with E-state index in [9.17, 15) is 0 Å². The topological polar surface area (TPSA) is 61.9 Å². The quantitative estimate of drug-likeness (QED) is 0.315. The lowest BCUT2D eigenvalue weighted by atomic mass is 10.5. The molecule has 1 rings (SSSR count). The molecule has 72 valence electrons. The van der Waals surface area contributed by atoms with Crippen LogP contribution in [0.5, 0.6) is 0 Å². The van der Waals surface area contributed by atoms with Crippen molar-refractivity contribution in [1.82, 2.24) is 0 Å². The highest BCUT2D eigenvalue weighted by Gasteiger charge is 1.93. The molecule has 0 aliphatic heterocycles.